The number of anilines is 1. The minimum absolute atomic E-state index is 0.229. The maximum absolute atomic E-state index is 13.2. The van der Waals surface area contributed by atoms with Gasteiger partial charge in [0.05, 0.1) is 18.0 Å². The molecule has 0 unspecified atom stereocenters. The number of hydrogen-bond donors (Lipinski definition) is 1. The van der Waals surface area contributed by atoms with Crippen molar-refractivity contribution in [2.45, 2.75) is 11.7 Å². The molecule has 1 atom stereocenters. The number of nitriles is 1. The number of carbonyl (C=O) groups is 2. The highest BCUT2D eigenvalue weighted by Crippen LogP contribution is 2.42. The first-order valence-corrected chi connectivity index (χ1v) is 9.53. The molecular formula is C20H16ClN3O3S. The largest absolute Gasteiger partial charge is 0.497 e. The third-order valence-corrected chi connectivity index (χ3v) is 5.69. The number of carbonyl (C=O) groups excluding carboxylic acids is 2. The molecule has 0 bridgehead atoms. The minimum atomic E-state index is -0.877. The summed E-state index contributed by atoms with van der Waals surface area (Å²) in [5.74, 6) is -0.566. The fourth-order valence-electron chi connectivity index (χ4n) is 2.82. The maximum atomic E-state index is 13.2. The average molecular weight is 414 g/mol. The van der Waals surface area contributed by atoms with Crippen molar-refractivity contribution >= 4 is 40.9 Å². The lowest BCUT2D eigenvalue weighted by atomic mass is 10.1. The van der Waals surface area contributed by atoms with Gasteiger partial charge < -0.3 is 10.5 Å². The molecule has 1 aliphatic rings. The highest BCUT2D eigenvalue weighted by molar-refractivity contribution is 8.05. The van der Waals surface area contributed by atoms with Crippen LogP contribution >= 0.6 is 23.4 Å². The molecule has 28 heavy (non-hydrogen) atoms. The summed E-state index contributed by atoms with van der Waals surface area (Å²) in [6, 6.07) is 15.9. The quantitative estimate of drug-likeness (QED) is 0.599. The standard InChI is InChI=1S/C20H16ClN3O3S/c1-27-15-4-2-3-14(10-15)24-19(26)17(9-12-5-7-13(21)8-6-12)28-20(24)16(11-22)18(23)25/h2-8,10,17H,9H2,1H3,(H2,23,25)/b20-16-/t17-/m1/s1. The predicted octanol–water partition coefficient (Wildman–Crippen LogP) is 3.26. The molecule has 2 aromatic rings. The first-order valence-electron chi connectivity index (χ1n) is 8.28. The van der Waals surface area contributed by atoms with E-state index in [0.717, 1.165) is 17.3 Å². The van der Waals surface area contributed by atoms with Gasteiger partial charge >= 0.3 is 0 Å². The van der Waals surface area contributed by atoms with Crippen molar-refractivity contribution in [3.8, 4) is 11.8 Å². The zero-order valence-electron chi connectivity index (χ0n) is 14.9. The Labute approximate surface area is 171 Å². The Morgan fingerprint density at radius 1 is 1.32 bits per heavy atom. The van der Waals surface area contributed by atoms with Gasteiger partial charge in [-0.3, -0.25) is 14.5 Å². The summed E-state index contributed by atoms with van der Waals surface area (Å²) in [6.07, 6.45) is 0.419. The first kappa shape index (κ1) is 19.8. The van der Waals surface area contributed by atoms with Crippen molar-refractivity contribution in [3.63, 3.8) is 0 Å². The zero-order valence-corrected chi connectivity index (χ0v) is 16.5. The number of nitrogens with zero attached hydrogens (tertiary/aromatic N) is 2. The van der Waals surface area contributed by atoms with Crippen LogP contribution in [-0.2, 0) is 16.0 Å². The average Bonchev–Trinajstić information content (AvgIpc) is 3.00. The monoisotopic (exact) mass is 413 g/mol. The summed E-state index contributed by atoms with van der Waals surface area (Å²) in [4.78, 5) is 26.3. The Morgan fingerprint density at radius 3 is 2.64 bits per heavy atom. The molecule has 2 amide bonds. The number of ether oxygens (including phenoxy) is 1. The Bertz CT molecular complexity index is 999. The number of amides is 2. The van der Waals surface area contributed by atoms with Crippen LogP contribution in [0.4, 0.5) is 5.69 Å². The number of thioether (sulfide) groups is 1. The van der Waals surface area contributed by atoms with Gasteiger partial charge in [0.15, 0.2) is 0 Å². The molecule has 2 aromatic carbocycles. The second-order valence-electron chi connectivity index (χ2n) is 5.97. The molecule has 0 aromatic heterocycles. The number of halogens is 1. The molecule has 1 heterocycles. The van der Waals surface area contributed by atoms with E-state index in [1.807, 2.05) is 18.2 Å². The number of hydrogen-bond acceptors (Lipinski definition) is 5. The van der Waals surface area contributed by atoms with Crippen LogP contribution in [0.1, 0.15) is 5.56 Å². The lowest BCUT2D eigenvalue weighted by Gasteiger charge is -2.18. The predicted molar refractivity (Wildman–Crippen MR) is 109 cm³/mol. The SMILES string of the molecule is COc1cccc(N2C(=O)[C@@H](Cc3ccc(Cl)cc3)S/C2=C(/C#N)C(N)=O)c1. The number of rotatable bonds is 5. The van der Waals surface area contributed by atoms with E-state index in [0.29, 0.717) is 22.9 Å². The van der Waals surface area contributed by atoms with Gasteiger partial charge in [0.1, 0.15) is 22.4 Å². The van der Waals surface area contributed by atoms with Crippen LogP contribution < -0.4 is 15.4 Å². The summed E-state index contributed by atoms with van der Waals surface area (Å²) < 4.78 is 5.22. The van der Waals surface area contributed by atoms with E-state index < -0.39 is 11.2 Å². The molecule has 1 fully saturated rings. The smallest absolute Gasteiger partial charge is 0.262 e. The van der Waals surface area contributed by atoms with Crippen LogP contribution in [0.5, 0.6) is 5.75 Å². The molecule has 6 nitrogen and oxygen atoms in total. The fourth-order valence-corrected chi connectivity index (χ4v) is 4.26. The van der Waals surface area contributed by atoms with E-state index in [4.69, 9.17) is 22.1 Å². The van der Waals surface area contributed by atoms with Gasteiger partial charge in [-0.15, -0.1) is 0 Å². The summed E-state index contributed by atoms with van der Waals surface area (Å²) in [7, 11) is 1.52. The zero-order chi connectivity index (χ0) is 20.3. The molecular weight excluding hydrogens is 398 g/mol. The van der Waals surface area contributed by atoms with E-state index in [2.05, 4.69) is 0 Å². The molecule has 0 saturated carbocycles. The Morgan fingerprint density at radius 2 is 2.04 bits per heavy atom. The number of nitrogens with two attached hydrogens (primary N) is 1. The van der Waals surface area contributed by atoms with Crippen molar-refractivity contribution < 1.29 is 14.3 Å². The highest BCUT2D eigenvalue weighted by atomic mass is 35.5. The van der Waals surface area contributed by atoms with Crippen molar-refractivity contribution in [1.29, 1.82) is 5.26 Å². The van der Waals surface area contributed by atoms with Gasteiger partial charge in [-0.05, 0) is 36.2 Å². The number of benzene rings is 2. The van der Waals surface area contributed by atoms with Crippen molar-refractivity contribution in [2.24, 2.45) is 5.73 Å². The van der Waals surface area contributed by atoms with E-state index >= 15 is 0 Å². The van der Waals surface area contributed by atoms with E-state index in [-0.39, 0.29) is 16.5 Å². The first-order chi connectivity index (χ1) is 13.4. The molecule has 0 spiro atoms. The summed E-state index contributed by atoms with van der Waals surface area (Å²) in [5, 5.41) is 9.74. The Balaban J connectivity index is 2.03. The molecule has 1 aliphatic heterocycles. The topological polar surface area (TPSA) is 96.4 Å². The Hall–Kier alpha value is -2.95. The number of primary amides is 1. The van der Waals surface area contributed by atoms with Gasteiger partial charge in [0.2, 0.25) is 5.91 Å². The van der Waals surface area contributed by atoms with E-state index in [1.54, 1.807) is 36.4 Å². The summed E-state index contributed by atoms with van der Waals surface area (Å²) >= 11 is 7.07. The summed E-state index contributed by atoms with van der Waals surface area (Å²) in [6.45, 7) is 0. The second kappa shape index (κ2) is 8.38. The third kappa shape index (κ3) is 3.98. The minimum Gasteiger partial charge on any atom is -0.497 e. The maximum Gasteiger partial charge on any atom is 0.262 e. The van der Waals surface area contributed by atoms with Crippen LogP contribution in [0, 0.1) is 11.3 Å². The van der Waals surface area contributed by atoms with E-state index in [1.165, 1.54) is 12.0 Å². The summed E-state index contributed by atoms with van der Waals surface area (Å²) in [5.41, 5.74) is 6.54. The Kier molecular flexibility index (Phi) is 5.93. The van der Waals surface area contributed by atoms with Crippen LogP contribution in [0.15, 0.2) is 59.1 Å². The number of methoxy groups -OCH3 is 1. The van der Waals surface area contributed by atoms with Gasteiger partial charge in [-0.25, -0.2) is 0 Å². The molecule has 8 heteroatoms. The van der Waals surface area contributed by atoms with Crippen LogP contribution in [0.3, 0.4) is 0 Å². The lowest BCUT2D eigenvalue weighted by Crippen LogP contribution is -2.31. The van der Waals surface area contributed by atoms with Gasteiger partial charge in [-0.2, -0.15) is 5.26 Å². The molecule has 1 saturated heterocycles. The van der Waals surface area contributed by atoms with Gasteiger partial charge in [0, 0.05) is 11.1 Å². The molecule has 0 radical (unpaired) electrons. The fraction of sp³-hybridized carbons (Fsp3) is 0.150. The molecule has 2 N–H and O–H groups in total. The highest BCUT2D eigenvalue weighted by Gasteiger charge is 2.40. The second-order valence-corrected chi connectivity index (χ2v) is 7.60. The molecule has 0 aliphatic carbocycles. The molecule has 142 valence electrons. The van der Waals surface area contributed by atoms with Crippen molar-refractivity contribution in [2.75, 3.05) is 12.0 Å². The normalized spacial score (nSPS) is 18.0. The van der Waals surface area contributed by atoms with Gasteiger partial charge in [-0.1, -0.05) is 41.6 Å². The van der Waals surface area contributed by atoms with Gasteiger partial charge in [0.25, 0.3) is 5.91 Å². The van der Waals surface area contributed by atoms with Crippen molar-refractivity contribution in [1.82, 2.24) is 0 Å². The third-order valence-electron chi connectivity index (χ3n) is 4.17. The van der Waals surface area contributed by atoms with Crippen LogP contribution in [0.2, 0.25) is 5.02 Å². The lowest BCUT2D eigenvalue weighted by molar-refractivity contribution is -0.117. The van der Waals surface area contributed by atoms with E-state index in [9.17, 15) is 14.9 Å². The van der Waals surface area contributed by atoms with Crippen LogP contribution in [0.25, 0.3) is 0 Å². The van der Waals surface area contributed by atoms with Crippen LogP contribution in [-0.4, -0.2) is 24.2 Å². The van der Waals surface area contributed by atoms with Crippen molar-refractivity contribution in [3.05, 3.63) is 69.7 Å². The molecule has 3 rings (SSSR count).